The fourth-order valence-electron chi connectivity index (χ4n) is 3.05. The molecule has 1 heterocycles. The first-order valence-corrected chi connectivity index (χ1v) is 11.1. The number of carbonyl (C=O) groups excluding carboxylic acids is 2. The molecule has 9 heteroatoms. The van der Waals surface area contributed by atoms with Crippen LogP contribution in [-0.4, -0.2) is 82.3 Å². The summed E-state index contributed by atoms with van der Waals surface area (Å²) in [6.07, 6.45) is 0.851. The average Bonchev–Trinajstić information content (AvgIpc) is 2.67. The molecule has 0 aliphatic carbocycles. The van der Waals surface area contributed by atoms with Crippen LogP contribution in [-0.2, 0) is 19.6 Å². The van der Waals surface area contributed by atoms with Crippen LogP contribution >= 0.6 is 0 Å². The zero-order valence-electron chi connectivity index (χ0n) is 16.9. The summed E-state index contributed by atoms with van der Waals surface area (Å²) >= 11 is 0. The molecule has 1 aromatic carbocycles. The third kappa shape index (κ3) is 6.02. The molecular weight excluding hydrogens is 380 g/mol. The Bertz CT molecular complexity index is 772. The Morgan fingerprint density at radius 2 is 1.79 bits per heavy atom. The van der Waals surface area contributed by atoms with Gasteiger partial charge in [-0.2, -0.15) is 4.31 Å². The van der Waals surface area contributed by atoms with Crippen LogP contribution in [0, 0.1) is 6.92 Å². The van der Waals surface area contributed by atoms with Gasteiger partial charge in [0, 0.05) is 13.6 Å². The SMILES string of the molecule is CCCNC(=O)CN(C)C(=O)C[NH+]1CCN(S(=O)(=O)c2ccc(C)cc2)CC1. The van der Waals surface area contributed by atoms with Crippen LogP contribution < -0.4 is 10.2 Å². The van der Waals surface area contributed by atoms with Crippen molar-refractivity contribution in [3.8, 4) is 0 Å². The summed E-state index contributed by atoms with van der Waals surface area (Å²) < 4.78 is 27.0. The van der Waals surface area contributed by atoms with Crippen molar-refractivity contribution in [3.63, 3.8) is 0 Å². The van der Waals surface area contributed by atoms with Gasteiger partial charge >= 0.3 is 0 Å². The van der Waals surface area contributed by atoms with Crippen LogP contribution in [0.15, 0.2) is 29.2 Å². The molecule has 2 amide bonds. The predicted molar refractivity (Wildman–Crippen MR) is 106 cm³/mol. The van der Waals surface area contributed by atoms with E-state index in [0.29, 0.717) is 37.6 Å². The highest BCUT2D eigenvalue weighted by atomic mass is 32.2. The molecule has 0 unspecified atom stereocenters. The third-order valence-corrected chi connectivity index (χ3v) is 6.78. The second-order valence-corrected chi connectivity index (χ2v) is 9.18. The van der Waals surface area contributed by atoms with Gasteiger partial charge in [0.15, 0.2) is 6.54 Å². The second-order valence-electron chi connectivity index (χ2n) is 7.24. The number of rotatable bonds is 8. The Hall–Kier alpha value is -1.97. The lowest BCUT2D eigenvalue weighted by Gasteiger charge is -2.31. The topological polar surface area (TPSA) is 91.2 Å². The van der Waals surface area contributed by atoms with E-state index < -0.39 is 10.0 Å². The van der Waals surface area contributed by atoms with Crippen LogP contribution in [0.1, 0.15) is 18.9 Å². The number of hydrogen-bond donors (Lipinski definition) is 2. The van der Waals surface area contributed by atoms with E-state index in [-0.39, 0.29) is 24.9 Å². The molecule has 1 fully saturated rings. The van der Waals surface area contributed by atoms with Gasteiger partial charge in [0.2, 0.25) is 15.9 Å². The molecule has 1 aromatic rings. The first-order chi connectivity index (χ1) is 13.2. The van der Waals surface area contributed by atoms with E-state index in [1.54, 1.807) is 31.3 Å². The van der Waals surface area contributed by atoms with E-state index in [0.717, 1.165) is 16.9 Å². The van der Waals surface area contributed by atoms with E-state index in [2.05, 4.69) is 5.32 Å². The van der Waals surface area contributed by atoms with Crippen molar-refractivity contribution in [2.75, 3.05) is 52.9 Å². The average molecular weight is 412 g/mol. The quantitative estimate of drug-likeness (QED) is 0.566. The molecule has 0 atom stereocenters. The fourth-order valence-corrected chi connectivity index (χ4v) is 4.49. The number of carbonyl (C=O) groups is 2. The third-order valence-electron chi connectivity index (χ3n) is 4.87. The van der Waals surface area contributed by atoms with Gasteiger partial charge in [-0.25, -0.2) is 8.42 Å². The molecule has 0 spiro atoms. The number of likely N-dealkylation sites (N-methyl/N-ethyl adjacent to an activating group) is 1. The van der Waals surface area contributed by atoms with Crippen LogP contribution in [0.4, 0.5) is 0 Å². The van der Waals surface area contributed by atoms with E-state index >= 15 is 0 Å². The van der Waals surface area contributed by atoms with E-state index in [1.165, 1.54) is 9.21 Å². The van der Waals surface area contributed by atoms with Crippen molar-refractivity contribution < 1.29 is 22.9 Å². The molecule has 0 aromatic heterocycles. The largest absolute Gasteiger partial charge is 0.355 e. The first-order valence-electron chi connectivity index (χ1n) is 9.65. The lowest BCUT2D eigenvalue weighted by molar-refractivity contribution is -0.895. The number of quaternary nitrogens is 1. The maximum atomic E-state index is 12.7. The zero-order valence-corrected chi connectivity index (χ0v) is 17.7. The molecule has 2 rings (SSSR count). The van der Waals surface area contributed by atoms with Crippen molar-refractivity contribution in [3.05, 3.63) is 29.8 Å². The second kappa shape index (κ2) is 9.99. The lowest BCUT2D eigenvalue weighted by Crippen LogP contribution is -3.15. The molecule has 0 saturated carbocycles. The minimum Gasteiger partial charge on any atom is -0.355 e. The van der Waals surface area contributed by atoms with E-state index in [4.69, 9.17) is 0 Å². The van der Waals surface area contributed by atoms with Gasteiger partial charge in [0.05, 0.1) is 37.6 Å². The normalized spacial score (nSPS) is 16.0. The van der Waals surface area contributed by atoms with Crippen LogP contribution in [0.3, 0.4) is 0 Å². The summed E-state index contributed by atoms with van der Waals surface area (Å²) in [5, 5.41) is 2.75. The Kier molecular flexibility index (Phi) is 7.97. The summed E-state index contributed by atoms with van der Waals surface area (Å²) in [6, 6.07) is 6.84. The molecule has 1 aliphatic rings. The summed E-state index contributed by atoms with van der Waals surface area (Å²) in [7, 11) is -1.88. The highest BCUT2D eigenvalue weighted by Gasteiger charge is 2.31. The maximum Gasteiger partial charge on any atom is 0.277 e. The Morgan fingerprint density at radius 1 is 1.18 bits per heavy atom. The molecule has 156 valence electrons. The van der Waals surface area contributed by atoms with Gasteiger partial charge in [0.25, 0.3) is 5.91 Å². The molecule has 1 aliphatic heterocycles. The fraction of sp³-hybridized carbons (Fsp3) is 0.579. The van der Waals surface area contributed by atoms with E-state index in [1.807, 2.05) is 13.8 Å². The standard InChI is InChI=1S/C19H30N4O4S/c1-4-9-20-18(24)14-21(3)19(25)15-22-10-12-23(13-11-22)28(26,27)17-7-5-16(2)6-8-17/h5-8H,4,9-15H2,1-3H3,(H,20,24)/p+1. The maximum absolute atomic E-state index is 12.7. The smallest absolute Gasteiger partial charge is 0.277 e. The molecular formula is C19H31N4O4S+. The van der Waals surface area contributed by atoms with Gasteiger partial charge in [0.1, 0.15) is 0 Å². The monoisotopic (exact) mass is 411 g/mol. The van der Waals surface area contributed by atoms with Crippen molar-refractivity contribution in [1.29, 1.82) is 0 Å². The number of amides is 2. The van der Waals surface area contributed by atoms with Gasteiger partial charge < -0.3 is 15.1 Å². The number of sulfonamides is 1. The molecule has 1 saturated heterocycles. The van der Waals surface area contributed by atoms with Gasteiger partial charge in [-0.15, -0.1) is 0 Å². The zero-order chi connectivity index (χ0) is 20.7. The summed E-state index contributed by atoms with van der Waals surface area (Å²) in [5.41, 5.74) is 1.01. The highest BCUT2D eigenvalue weighted by Crippen LogP contribution is 2.16. The number of nitrogens with zero attached hydrogens (tertiary/aromatic N) is 2. The Morgan fingerprint density at radius 3 is 2.36 bits per heavy atom. The Balaban J connectivity index is 1.84. The molecule has 0 radical (unpaired) electrons. The van der Waals surface area contributed by atoms with Crippen molar-refractivity contribution in [1.82, 2.24) is 14.5 Å². The number of piperazine rings is 1. The summed E-state index contributed by atoms with van der Waals surface area (Å²) in [5.74, 6) is -0.279. The van der Waals surface area contributed by atoms with Crippen LogP contribution in [0.5, 0.6) is 0 Å². The highest BCUT2D eigenvalue weighted by molar-refractivity contribution is 7.89. The van der Waals surface area contributed by atoms with Crippen molar-refractivity contribution in [2.45, 2.75) is 25.2 Å². The number of benzene rings is 1. The Labute approximate surface area is 167 Å². The number of nitrogens with one attached hydrogen (secondary N) is 2. The molecule has 2 N–H and O–H groups in total. The van der Waals surface area contributed by atoms with Gasteiger partial charge in [-0.1, -0.05) is 24.6 Å². The van der Waals surface area contributed by atoms with Crippen LogP contribution in [0.2, 0.25) is 0 Å². The number of hydrogen-bond acceptors (Lipinski definition) is 4. The molecule has 0 bridgehead atoms. The summed E-state index contributed by atoms with van der Waals surface area (Å²) in [4.78, 5) is 26.8. The van der Waals surface area contributed by atoms with Gasteiger partial charge in [-0.05, 0) is 25.5 Å². The lowest BCUT2D eigenvalue weighted by atomic mass is 10.2. The number of aryl methyl sites for hydroxylation is 1. The van der Waals surface area contributed by atoms with Crippen LogP contribution in [0.25, 0.3) is 0 Å². The molecule has 28 heavy (non-hydrogen) atoms. The molecule has 8 nitrogen and oxygen atoms in total. The van der Waals surface area contributed by atoms with E-state index in [9.17, 15) is 18.0 Å². The first kappa shape index (κ1) is 22.3. The van der Waals surface area contributed by atoms with Crippen molar-refractivity contribution >= 4 is 21.8 Å². The van der Waals surface area contributed by atoms with Crippen molar-refractivity contribution in [2.24, 2.45) is 0 Å². The summed E-state index contributed by atoms with van der Waals surface area (Å²) in [6.45, 7) is 6.66. The minimum atomic E-state index is -3.50. The predicted octanol–water partition coefficient (Wildman–Crippen LogP) is -1.13. The van der Waals surface area contributed by atoms with Gasteiger partial charge in [-0.3, -0.25) is 9.59 Å². The minimum absolute atomic E-state index is 0.0417.